The van der Waals surface area contributed by atoms with Crippen molar-refractivity contribution in [3.63, 3.8) is 0 Å². The van der Waals surface area contributed by atoms with Crippen LogP contribution in [0.4, 0.5) is 11.4 Å². The first kappa shape index (κ1) is 17.5. The van der Waals surface area contributed by atoms with Crippen molar-refractivity contribution in [3.8, 4) is 12.1 Å². The number of rotatable bonds is 3. The molecule has 0 radical (unpaired) electrons. The molecule has 0 spiro atoms. The van der Waals surface area contributed by atoms with Gasteiger partial charge in [-0.05, 0) is 31.0 Å². The zero-order valence-corrected chi connectivity index (χ0v) is 14.9. The van der Waals surface area contributed by atoms with E-state index in [0.717, 1.165) is 29.7 Å². The molecule has 1 aliphatic rings. The smallest absolute Gasteiger partial charge is 0.293 e. The summed E-state index contributed by atoms with van der Waals surface area (Å²) < 4.78 is 0. The number of para-hydroxylation sites is 2. The highest BCUT2D eigenvalue weighted by Crippen LogP contribution is 2.36. The number of aromatic nitrogens is 2. The standard InChI is InChI=1S/C20H16N6O2/c21-11-14-9-18(19(26(27)28)10-15(14)12-22)25-7-5-13(6-8-25)20-23-16-3-1-2-4-17(16)24-20/h1-4,9-10,13H,5-8H2,(H,23,24). The lowest BCUT2D eigenvalue weighted by atomic mass is 9.95. The first-order chi connectivity index (χ1) is 13.6. The Kier molecular flexibility index (Phi) is 4.38. The molecular weight excluding hydrogens is 356 g/mol. The average molecular weight is 372 g/mol. The number of nitro benzene ring substituents is 1. The van der Waals surface area contributed by atoms with E-state index in [0.29, 0.717) is 18.8 Å². The highest BCUT2D eigenvalue weighted by Gasteiger charge is 2.28. The number of nitrogens with zero attached hydrogens (tertiary/aromatic N) is 5. The van der Waals surface area contributed by atoms with E-state index in [1.54, 1.807) is 0 Å². The molecule has 1 saturated heterocycles. The third-order valence-electron chi connectivity index (χ3n) is 5.18. The van der Waals surface area contributed by atoms with Crippen LogP contribution in [0.3, 0.4) is 0 Å². The van der Waals surface area contributed by atoms with E-state index in [9.17, 15) is 15.4 Å². The van der Waals surface area contributed by atoms with Crippen LogP contribution < -0.4 is 4.90 Å². The molecule has 1 fully saturated rings. The molecule has 4 rings (SSSR count). The van der Waals surface area contributed by atoms with Gasteiger partial charge in [0.2, 0.25) is 0 Å². The number of piperidine rings is 1. The third kappa shape index (κ3) is 3.01. The minimum absolute atomic E-state index is 0.0233. The molecule has 2 aromatic carbocycles. The predicted octanol–water partition coefficient (Wildman–Crippen LogP) is 3.60. The summed E-state index contributed by atoms with van der Waals surface area (Å²) in [7, 11) is 0. The third-order valence-corrected chi connectivity index (χ3v) is 5.18. The first-order valence-electron chi connectivity index (χ1n) is 8.93. The lowest BCUT2D eigenvalue weighted by molar-refractivity contribution is -0.384. The Balaban J connectivity index is 1.59. The van der Waals surface area contributed by atoms with Gasteiger partial charge in [-0.15, -0.1) is 0 Å². The minimum Gasteiger partial charge on any atom is -0.366 e. The van der Waals surface area contributed by atoms with Crippen molar-refractivity contribution < 1.29 is 4.92 Å². The molecule has 8 nitrogen and oxygen atoms in total. The maximum Gasteiger partial charge on any atom is 0.293 e. The number of hydrogen-bond acceptors (Lipinski definition) is 6. The van der Waals surface area contributed by atoms with Crippen molar-refractivity contribution in [1.29, 1.82) is 10.5 Å². The van der Waals surface area contributed by atoms with Crippen LogP contribution in [0.15, 0.2) is 36.4 Å². The molecule has 3 aromatic rings. The molecule has 1 N–H and O–H groups in total. The molecule has 0 atom stereocenters. The number of benzene rings is 2. The minimum atomic E-state index is -0.497. The number of nitrogens with one attached hydrogen (secondary N) is 1. The highest BCUT2D eigenvalue weighted by molar-refractivity contribution is 5.75. The lowest BCUT2D eigenvalue weighted by Gasteiger charge is -2.32. The Morgan fingerprint density at radius 1 is 1.14 bits per heavy atom. The van der Waals surface area contributed by atoms with Gasteiger partial charge in [-0.2, -0.15) is 10.5 Å². The van der Waals surface area contributed by atoms with Crippen LogP contribution in [0.2, 0.25) is 0 Å². The number of H-pyrrole nitrogens is 1. The van der Waals surface area contributed by atoms with Crippen LogP contribution in [0.1, 0.15) is 35.7 Å². The fraction of sp³-hybridized carbons (Fsp3) is 0.250. The van der Waals surface area contributed by atoms with Gasteiger partial charge in [0.1, 0.15) is 23.7 Å². The second-order valence-corrected chi connectivity index (χ2v) is 6.77. The summed E-state index contributed by atoms with van der Waals surface area (Å²) in [5.41, 5.74) is 2.36. The van der Waals surface area contributed by atoms with Gasteiger partial charge >= 0.3 is 0 Å². The fourth-order valence-electron chi connectivity index (χ4n) is 3.72. The number of aromatic amines is 1. The molecule has 1 aliphatic heterocycles. The Labute approximate surface area is 160 Å². The largest absolute Gasteiger partial charge is 0.366 e. The maximum atomic E-state index is 11.5. The van der Waals surface area contributed by atoms with E-state index in [1.807, 2.05) is 41.3 Å². The van der Waals surface area contributed by atoms with Crippen molar-refractivity contribution in [3.05, 3.63) is 63.5 Å². The van der Waals surface area contributed by atoms with Crippen LogP contribution in [-0.2, 0) is 0 Å². The van der Waals surface area contributed by atoms with Crippen molar-refractivity contribution in [2.24, 2.45) is 0 Å². The molecule has 0 aliphatic carbocycles. The van der Waals surface area contributed by atoms with Crippen LogP contribution in [0.25, 0.3) is 11.0 Å². The van der Waals surface area contributed by atoms with Gasteiger partial charge < -0.3 is 9.88 Å². The number of nitro groups is 1. The zero-order chi connectivity index (χ0) is 19.7. The van der Waals surface area contributed by atoms with Crippen molar-refractivity contribution >= 4 is 22.4 Å². The van der Waals surface area contributed by atoms with E-state index in [4.69, 9.17) is 5.26 Å². The van der Waals surface area contributed by atoms with E-state index in [2.05, 4.69) is 9.97 Å². The Morgan fingerprint density at radius 2 is 1.82 bits per heavy atom. The van der Waals surface area contributed by atoms with E-state index < -0.39 is 4.92 Å². The summed E-state index contributed by atoms with van der Waals surface area (Å²) >= 11 is 0. The van der Waals surface area contributed by atoms with Gasteiger partial charge in [0.05, 0.1) is 27.1 Å². The Bertz CT molecular complexity index is 1110. The van der Waals surface area contributed by atoms with Crippen LogP contribution in [0.5, 0.6) is 0 Å². The monoisotopic (exact) mass is 372 g/mol. The SMILES string of the molecule is N#Cc1cc(N2CCC(c3nc4ccccc4[nH]3)CC2)c([N+](=O)[O-])cc1C#N. The molecule has 0 saturated carbocycles. The molecule has 138 valence electrons. The molecule has 1 aromatic heterocycles. The fourth-order valence-corrected chi connectivity index (χ4v) is 3.72. The zero-order valence-electron chi connectivity index (χ0n) is 14.9. The van der Waals surface area contributed by atoms with E-state index in [1.165, 1.54) is 12.1 Å². The summed E-state index contributed by atoms with van der Waals surface area (Å²) in [6, 6.07) is 14.3. The normalized spacial score (nSPS) is 14.6. The van der Waals surface area contributed by atoms with Gasteiger partial charge in [0.25, 0.3) is 5.69 Å². The lowest BCUT2D eigenvalue weighted by Crippen LogP contribution is -2.33. The summed E-state index contributed by atoms with van der Waals surface area (Å²) in [5.74, 6) is 1.18. The van der Waals surface area contributed by atoms with Gasteiger partial charge in [0, 0.05) is 25.1 Å². The summed E-state index contributed by atoms with van der Waals surface area (Å²) in [5, 5.41) is 29.9. The van der Waals surface area contributed by atoms with Crippen molar-refractivity contribution in [2.45, 2.75) is 18.8 Å². The second-order valence-electron chi connectivity index (χ2n) is 6.77. The summed E-state index contributed by atoms with van der Waals surface area (Å²) in [6.07, 6.45) is 1.58. The molecule has 0 unspecified atom stereocenters. The predicted molar refractivity (Wildman–Crippen MR) is 103 cm³/mol. The average Bonchev–Trinajstić information content (AvgIpc) is 3.17. The van der Waals surface area contributed by atoms with Gasteiger partial charge in [-0.3, -0.25) is 10.1 Å². The van der Waals surface area contributed by atoms with Gasteiger partial charge in [0.15, 0.2) is 0 Å². The van der Waals surface area contributed by atoms with E-state index >= 15 is 0 Å². The van der Waals surface area contributed by atoms with Gasteiger partial charge in [-0.25, -0.2) is 4.98 Å². The molecule has 0 bridgehead atoms. The second kappa shape index (κ2) is 7.01. The number of hydrogen-bond donors (Lipinski definition) is 1. The highest BCUT2D eigenvalue weighted by atomic mass is 16.6. The van der Waals surface area contributed by atoms with Crippen molar-refractivity contribution in [2.75, 3.05) is 18.0 Å². The molecule has 8 heteroatoms. The summed E-state index contributed by atoms with van der Waals surface area (Å²) in [4.78, 5) is 20.9. The Morgan fingerprint density at radius 3 is 2.46 bits per heavy atom. The number of anilines is 1. The summed E-state index contributed by atoms with van der Waals surface area (Å²) in [6.45, 7) is 1.22. The van der Waals surface area contributed by atoms with Crippen LogP contribution in [-0.4, -0.2) is 28.0 Å². The molecule has 2 heterocycles. The molecule has 0 amide bonds. The van der Waals surface area contributed by atoms with Crippen molar-refractivity contribution in [1.82, 2.24) is 9.97 Å². The number of fused-ring (bicyclic) bond motifs is 1. The van der Waals surface area contributed by atoms with Crippen LogP contribution in [0, 0.1) is 32.8 Å². The number of imidazole rings is 1. The maximum absolute atomic E-state index is 11.5. The van der Waals surface area contributed by atoms with Gasteiger partial charge in [-0.1, -0.05) is 12.1 Å². The molecular formula is C20H16N6O2. The first-order valence-corrected chi connectivity index (χ1v) is 8.93. The molecule has 28 heavy (non-hydrogen) atoms. The number of nitriles is 2. The Hall–Kier alpha value is -3.91. The van der Waals surface area contributed by atoms with E-state index in [-0.39, 0.29) is 22.7 Å². The van der Waals surface area contributed by atoms with Crippen LogP contribution >= 0.6 is 0 Å². The topological polar surface area (TPSA) is 123 Å². The quantitative estimate of drug-likeness (QED) is 0.553.